The molecule has 0 N–H and O–H groups in total. The fourth-order valence-corrected chi connectivity index (χ4v) is 3.54. The minimum Gasteiger partial charge on any atom is -0.348 e. The molecule has 0 radical (unpaired) electrons. The lowest BCUT2D eigenvalue weighted by atomic mass is 9.96. The summed E-state index contributed by atoms with van der Waals surface area (Å²) in [5, 5.41) is 8.61. The van der Waals surface area contributed by atoms with Crippen LogP contribution in [0.1, 0.15) is 43.4 Å². The summed E-state index contributed by atoms with van der Waals surface area (Å²) in [6, 6.07) is 6.59. The summed E-state index contributed by atoms with van der Waals surface area (Å²) in [5.74, 6) is -2.23. The van der Waals surface area contributed by atoms with E-state index in [0.29, 0.717) is 27.7 Å². The minimum atomic E-state index is -2.80. The first-order chi connectivity index (χ1) is 14.0. The lowest BCUT2D eigenvalue weighted by Gasteiger charge is -2.22. The van der Waals surface area contributed by atoms with Crippen LogP contribution >= 0.6 is 11.6 Å². The molecule has 1 fully saturated rings. The summed E-state index contributed by atoms with van der Waals surface area (Å²) in [7, 11) is 0. The second-order valence-corrected chi connectivity index (χ2v) is 8.94. The van der Waals surface area contributed by atoms with Crippen LogP contribution in [0.5, 0.6) is 0 Å². The number of fused-ring (bicyclic) bond motifs is 1. The van der Waals surface area contributed by atoms with E-state index >= 15 is 0 Å². The summed E-state index contributed by atoms with van der Waals surface area (Å²) in [4.78, 5) is 23.3. The number of benzene rings is 1. The van der Waals surface area contributed by atoms with E-state index in [9.17, 15) is 13.6 Å². The molecule has 30 heavy (non-hydrogen) atoms. The molecule has 1 aliphatic heterocycles. The molecule has 1 saturated heterocycles. The van der Waals surface area contributed by atoms with Crippen LogP contribution in [0.2, 0.25) is 5.02 Å². The van der Waals surface area contributed by atoms with Gasteiger partial charge in [0.05, 0.1) is 6.54 Å². The Balaban J connectivity index is 1.79. The summed E-state index contributed by atoms with van der Waals surface area (Å²) >= 11 is 5.98. The van der Waals surface area contributed by atoms with E-state index in [1.165, 1.54) is 9.58 Å². The topological polar surface area (TPSA) is 76.8 Å². The first kappa shape index (κ1) is 20.6. The van der Waals surface area contributed by atoms with Gasteiger partial charge in [-0.15, -0.1) is 5.10 Å². The van der Waals surface area contributed by atoms with Gasteiger partial charge in [-0.3, -0.25) is 4.79 Å². The number of carbonyl (C=O) groups excluding carboxylic acids is 1. The van der Waals surface area contributed by atoms with Crippen molar-refractivity contribution >= 4 is 34.4 Å². The third-order valence-corrected chi connectivity index (χ3v) is 5.17. The van der Waals surface area contributed by atoms with Gasteiger partial charge in [-0.1, -0.05) is 49.7 Å². The molecule has 0 aliphatic carbocycles. The molecular weight excluding hydrogens is 414 g/mol. The van der Waals surface area contributed by atoms with Crippen molar-refractivity contribution in [2.24, 2.45) is 0 Å². The molecule has 0 atom stereocenters. The molecule has 7 nitrogen and oxygen atoms in total. The quantitative estimate of drug-likeness (QED) is 0.579. The second kappa shape index (κ2) is 7.23. The first-order valence-corrected chi connectivity index (χ1v) is 9.94. The van der Waals surface area contributed by atoms with Crippen LogP contribution in [0.3, 0.4) is 0 Å². The van der Waals surface area contributed by atoms with Crippen molar-refractivity contribution in [1.29, 1.82) is 0 Å². The lowest BCUT2D eigenvalue weighted by Crippen LogP contribution is -2.28. The normalized spacial score (nSPS) is 16.4. The van der Waals surface area contributed by atoms with Gasteiger partial charge in [-0.05, 0) is 12.1 Å². The number of nitrogens with zero attached hydrogens (tertiary/aromatic N) is 6. The highest BCUT2D eigenvalue weighted by atomic mass is 35.5. The predicted molar refractivity (Wildman–Crippen MR) is 109 cm³/mol. The molecule has 10 heteroatoms. The third kappa shape index (κ3) is 3.98. The van der Waals surface area contributed by atoms with Crippen molar-refractivity contribution < 1.29 is 13.6 Å². The molecule has 0 bridgehead atoms. The maximum absolute atomic E-state index is 13.9. The number of hydrogen-bond donors (Lipinski definition) is 0. The van der Waals surface area contributed by atoms with Gasteiger partial charge >= 0.3 is 0 Å². The molecule has 3 aromatic rings. The Morgan fingerprint density at radius 2 is 2.03 bits per heavy atom. The van der Waals surface area contributed by atoms with Gasteiger partial charge in [0.25, 0.3) is 5.92 Å². The summed E-state index contributed by atoms with van der Waals surface area (Å²) in [5.41, 5.74) is 0.661. The van der Waals surface area contributed by atoms with Gasteiger partial charge in [0.15, 0.2) is 17.1 Å². The molecule has 1 aromatic carbocycles. The van der Waals surface area contributed by atoms with Crippen molar-refractivity contribution in [3.63, 3.8) is 0 Å². The standard InChI is InChI=1S/C20H21ClF2N6O/c1-19(2,3)18-24-16-15(17(25-18)28-8-7-20(22,23)11-28)29(27-26-16)10-14(30)12-5-4-6-13(21)9-12/h4-6,9H,7-8,10-11H2,1-3H3. The second-order valence-electron chi connectivity index (χ2n) is 8.50. The molecule has 4 rings (SSSR count). The minimum absolute atomic E-state index is 0.133. The number of anilines is 1. The smallest absolute Gasteiger partial charge is 0.266 e. The van der Waals surface area contributed by atoms with Crippen molar-refractivity contribution in [2.75, 3.05) is 18.0 Å². The SMILES string of the molecule is CC(C)(C)c1nc(N2CCC(F)(F)C2)c2c(nnn2CC(=O)c2cccc(Cl)c2)n1. The van der Waals surface area contributed by atoms with Gasteiger partial charge in [-0.2, -0.15) is 0 Å². The first-order valence-electron chi connectivity index (χ1n) is 9.57. The number of rotatable bonds is 4. The number of aromatic nitrogens is 5. The molecule has 3 heterocycles. The van der Waals surface area contributed by atoms with Gasteiger partial charge < -0.3 is 4.90 Å². The fourth-order valence-electron chi connectivity index (χ4n) is 3.35. The van der Waals surface area contributed by atoms with E-state index in [1.807, 2.05) is 20.8 Å². The Bertz CT molecular complexity index is 1120. The van der Waals surface area contributed by atoms with Gasteiger partial charge in [-0.25, -0.2) is 23.4 Å². The highest BCUT2D eigenvalue weighted by molar-refractivity contribution is 6.31. The zero-order chi connectivity index (χ0) is 21.7. The maximum Gasteiger partial charge on any atom is 0.266 e. The summed E-state index contributed by atoms with van der Waals surface area (Å²) in [6.07, 6.45) is -0.258. The number of carbonyl (C=O) groups is 1. The van der Waals surface area contributed by atoms with Crippen LogP contribution in [0.15, 0.2) is 24.3 Å². The van der Waals surface area contributed by atoms with Crippen molar-refractivity contribution in [3.05, 3.63) is 40.7 Å². The summed E-state index contributed by atoms with van der Waals surface area (Å²) in [6.45, 7) is 5.37. The Kier molecular flexibility index (Phi) is 4.96. The number of halogens is 3. The zero-order valence-electron chi connectivity index (χ0n) is 16.9. The molecule has 158 valence electrons. The van der Waals surface area contributed by atoms with Gasteiger partial charge in [0.2, 0.25) is 5.65 Å². The Morgan fingerprint density at radius 3 is 2.67 bits per heavy atom. The van der Waals surface area contributed by atoms with E-state index in [0.717, 1.165) is 0 Å². The molecule has 0 unspecified atom stereocenters. The maximum atomic E-state index is 13.9. The Morgan fingerprint density at radius 1 is 1.27 bits per heavy atom. The van der Waals surface area contributed by atoms with Gasteiger partial charge in [0.1, 0.15) is 12.4 Å². The molecule has 0 amide bonds. The van der Waals surface area contributed by atoms with E-state index in [2.05, 4.69) is 20.3 Å². The number of ketones is 1. The monoisotopic (exact) mass is 434 g/mol. The van der Waals surface area contributed by atoms with Crippen LogP contribution in [0.4, 0.5) is 14.6 Å². The van der Waals surface area contributed by atoms with Crippen molar-refractivity contribution in [2.45, 2.75) is 45.1 Å². The van der Waals surface area contributed by atoms with Crippen LogP contribution in [0.25, 0.3) is 11.2 Å². The van der Waals surface area contributed by atoms with Crippen LogP contribution in [-0.4, -0.2) is 49.8 Å². The van der Waals surface area contributed by atoms with Crippen LogP contribution in [0, 0.1) is 0 Å². The molecular formula is C20H21ClF2N6O. The molecule has 2 aromatic heterocycles. The highest BCUT2D eigenvalue weighted by Crippen LogP contribution is 2.34. The third-order valence-electron chi connectivity index (χ3n) is 4.93. The molecule has 0 saturated carbocycles. The Hall–Kier alpha value is -2.68. The fraction of sp³-hybridized carbons (Fsp3) is 0.450. The summed E-state index contributed by atoms with van der Waals surface area (Å²) < 4.78 is 29.2. The largest absolute Gasteiger partial charge is 0.348 e. The van der Waals surface area contributed by atoms with E-state index < -0.39 is 17.9 Å². The molecule has 0 spiro atoms. The van der Waals surface area contributed by atoms with Crippen LogP contribution in [-0.2, 0) is 12.0 Å². The number of alkyl halides is 2. The zero-order valence-corrected chi connectivity index (χ0v) is 17.6. The van der Waals surface area contributed by atoms with E-state index in [1.54, 1.807) is 24.3 Å². The van der Waals surface area contributed by atoms with Crippen molar-refractivity contribution in [1.82, 2.24) is 25.0 Å². The number of hydrogen-bond acceptors (Lipinski definition) is 6. The average Bonchev–Trinajstić information content (AvgIpc) is 3.23. The van der Waals surface area contributed by atoms with E-state index in [4.69, 9.17) is 11.6 Å². The Labute approximate surface area is 177 Å². The highest BCUT2D eigenvalue weighted by Gasteiger charge is 2.40. The van der Waals surface area contributed by atoms with Crippen molar-refractivity contribution in [3.8, 4) is 0 Å². The van der Waals surface area contributed by atoms with Crippen LogP contribution < -0.4 is 4.90 Å². The lowest BCUT2D eigenvalue weighted by molar-refractivity contribution is 0.0256. The number of Topliss-reactive ketones (excluding diaryl/α,β-unsaturated/α-hetero) is 1. The predicted octanol–water partition coefficient (Wildman–Crippen LogP) is 3.90. The van der Waals surface area contributed by atoms with Gasteiger partial charge in [0, 0.05) is 29.0 Å². The average molecular weight is 435 g/mol. The van der Waals surface area contributed by atoms with E-state index in [-0.39, 0.29) is 30.9 Å². The molecule has 1 aliphatic rings.